The molecule has 4 heteroatoms. The third-order valence-electron chi connectivity index (χ3n) is 3.66. The smallest absolute Gasteiger partial charge is 0.141 e. The Hall–Kier alpha value is -2.36. The van der Waals surface area contributed by atoms with E-state index in [0.717, 1.165) is 35.4 Å². The molecule has 0 saturated carbocycles. The van der Waals surface area contributed by atoms with Crippen LogP contribution in [0.2, 0.25) is 0 Å². The van der Waals surface area contributed by atoms with Gasteiger partial charge in [-0.05, 0) is 43.2 Å². The lowest BCUT2D eigenvalue weighted by Crippen LogP contribution is -2.01. The molecule has 0 saturated heterocycles. The molecule has 2 aromatic carbocycles. The Balaban J connectivity index is 2.30. The van der Waals surface area contributed by atoms with E-state index in [-0.39, 0.29) is 5.82 Å². The molecule has 3 aromatic rings. The highest BCUT2D eigenvalue weighted by Gasteiger charge is 2.14. The molecule has 3 rings (SSSR count). The highest BCUT2D eigenvalue weighted by molar-refractivity contribution is 5.82. The van der Waals surface area contributed by atoms with Gasteiger partial charge in [0.1, 0.15) is 11.6 Å². The van der Waals surface area contributed by atoms with Gasteiger partial charge in [-0.25, -0.2) is 9.37 Å². The molecule has 0 fully saturated rings. The predicted octanol–water partition coefficient (Wildman–Crippen LogP) is 4.14. The molecular formula is C17H18FN3. The minimum atomic E-state index is -0.264. The number of rotatable bonds is 3. The van der Waals surface area contributed by atoms with Crippen LogP contribution in [-0.4, -0.2) is 9.55 Å². The molecule has 0 amide bonds. The van der Waals surface area contributed by atoms with Crippen LogP contribution in [0.15, 0.2) is 36.4 Å². The van der Waals surface area contributed by atoms with E-state index in [9.17, 15) is 4.39 Å². The lowest BCUT2D eigenvalue weighted by atomic mass is 10.1. The number of hydrogen-bond donors (Lipinski definition) is 1. The van der Waals surface area contributed by atoms with Gasteiger partial charge in [0.05, 0.1) is 11.0 Å². The topological polar surface area (TPSA) is 43.8 Å². The number of aryl methyl sites for hydroxylation is 2. The second-order valence-electron chi connectivity index (χ2n) is 5.29. The Bertz CT molecular complexity index is 805. The number of halogens is 1. The number of fused-ring (bicyclic) bond motifs is 1. The molecule has 21 heavy (non-hydrogen) atoms. The summed E-state index contributed by atoms with van der Waals surface area (Å²) in [6.07, 6.45) is 0.983. The number of nitrogens with zero attached hydrogens (tertiary/aromatic N) is 2. The lowest BCUT2D eigenvalue weighted by Gasteiger charge is -2.10. The summed E-state index contributed by atoms with van der Waals surface area (Å²) >= 11 is 0. The van der Waals surface area contributed by atoms with Crippen LogP contribution >= 0.6 is 0 Å². The van der Waals surface area contributed by atoms with E-state index < -0.39 is 0 Å². The van der Waals surface area contributed by atoms with E-state index in [1.807, 2.05) is 25.1 Å². The molecule has 2 N–H and O–H groups in total. The Morgan fingerprint density at radius 1 is 1.19 bits per heavy atom. The summed E-state index contributed by atoms with van der Waals surface area (Å²) < 4.78 is 15.6. The Labute approximate surface area is 123 Å². The van der Waals surface area contributed by atoms with Crippen molar-refractivity contribution in [2.24, 2.45) is 0 Å². The van der Waals surface area contributed by atoms with Crippen molar-refractivity contribution in [1.82, 2.24) is 9.55 Å². The molecule has 0 bridgehead atoms. The summed E-state index contributed by atoms with van der Waals surface area (Å²) in [4.78, 5) is 4.63. The number of hydrogen-bond acceptors (Lipinski definition) is 2. The summed E-state index contributed by atoms with van der Waals surface area (Å²) in [5.41, 5.74) is 10.4. The second-order valence-corrected chi connectivity index (χ2v) is 5.29. The van der Waals surface area contributed by atoms with Gasteiger partial charge in [0.25, 0.3) is 0 Å². The van der Waals surface area contributed by atoms with Crippen molar-refractivity contribution in [1.29, 1.82) is 0 Å². The number of nitrogens with two attached hydrogens (primary N) is 1. The van der Waals surface area contributed by atoms with Gasteiger partial charge in [-0.15, -0.1) is 0 Å². The van der Waals surface area contributed by atoms with Crippen LogP contribution in [-0.2, 0) is 6.54 Å². The van der Waals surface area contributed by atoms with E-state index in [1.165, 1.54) is 12.1 Å². The van der Waals surface area contributed by atoms with Gasteiger partial charge in [-0.3, -0.25) is 0 Å². The Kier molecular flexibility index (Phi) is 3.37. The minimum Gasteiger partial charge on any atom is -0.399 e. The van der Waals surface area contributed by atoms with Crippen molar-refractivity contribution in [2.75, 3.05) is 5.73 Å². The SMILES string of the molecule is CCCn1c(-c2cc(N)ccc2C)nc2cc(F)ccc21. The summed E-state index contributed by atoms with van der Waals surface area (Å²) in [7, 11) is 0. The third-order valence-corrected chi connectivity index (χ3v) is 3.66. The van der Waals surface area contributed by atoms with Gasteiger partial charge in [-0.2, -0.15) is 0 Å². The maximum absolute atomic E-state index is 13.4. The van der Waals surface area contributed by atoms with Crippen molar-refractivity contribution in [3.8, 4) is 11.4 Å². The Morgan fingerprint density at radius 3 is 2.76 bits per heavy atom. The summed E-state index contributed by atoms with van der Waals surface area (Å²) in [5.74, 6) is 0.585. The highest BCUT2D eigenvalue weighted by Crippen LogP contribution is 2.29. The number of anilines is 1. The highest BCUT2D eigenvalue weighted by atomic mass is 19.1. The van der Waals surface area contributed by atoms with Crippen LogP contribution in [0.1, 0.15) is 18.9 Å². The molecule has 0 aliphatic rings. The molecule has 108 valence electrons. The van der Waals surface area contributed by atoms with Crippen molar-refractivity contribution < 1.29 is 4.39 Å². The number of aromatic nitrogens is 2. The lowest BCUT2D eigenvalue weighted by molar-refractivity contribution is 0.629. The van der Waals surface area contributed by atoms with Crippen LogP contribution in [0, 0.1) is 12.7 Å². The predicted molar refractivity (Wildman–Crippen MR) is 84.6 cm³/mol. The molecule has 1 heterocycles. The second kappa shape index (κ2) is 5.20. The molecule has 0 atom stereocenters. The van der Waals surface area contributed by atoms with Crippen LogP contribution in [0.4, 0.5) is 10.1 Å². The molecule has 0 spiro atoms. The van der Waals surface area contributed by atoms with Crippen LogP contribution in [0.3, 0.4) is 0 Å². The largest absolute Gasteiger partial charge is 0.399 e. The van der Waals surface area contributed by atoms with Crippen molar-refractivity contribution >= 4 is 16.7 Å². The summed E-state index contributed by atoms with van der Waals surface area (Å²) in [5, 5.41) is 0. The van der Waals surface area contributed by atoms with Crippen molar-refractivity contribution in [3.63, 3.8) is 0 Å². The summed E-state index contributed by atoms with van der Waals surface area (Å²) in [6, 6.07) is 10.5. The Morgan fingerprint density at radius 2 is 2.00 bits per heavy atom. The van der Waals surface area contributed by atoms with Gasteiger partial charge < -0.3 is 10.3 Å². The fourth-order valence-corrected chi connectivity index (χ4v) is 2.64. The first-order chi connectivity index (χ1) is 10.1. The maximum atomic E-state index is 13.4. The fourth-order valence-electron chi connectivity index (χ4n) is 2.64. The van der Waals surface area contributed by atoms with E-state index in [0.29, 0.717) is 11.2 Å². The standard InChI is InChI=1S/C17H18FN3/c1-3-8-21-16-7-5-12(18)9-15(16)20-17(21)14-10-13(19)6-4-11(14)2/h4-7,9-10H,3,8,19H2,1-2H3. The zero-order valence-electron chi connectivity index (χ0n) is 12.2. The van der Waals surface area contributed by atoms with Gasteiger partial charge in [0.2, 0.25) is 0 Å². The van der Waals surface area contributed by atoms with Crippen LogP contribution in [0.25, 0.3) is 22.4 Å². The quantitative estimate of drug-likeness (QED) is 0.734. The third kappa shape index (κ3) is 2.37. The molecule has 0 radical (unpaired) electrons. The van der Waals surface area contributed by atoms with Crippen LogP contribution < -0.4 is 5.73 Å². The molecule has 0 unspecified atom stereocenters. The first-order valence-electron chi connectivity index (χ1n) is 7.12. The van der Waals surface area contributed by atoms with E-state index >= 15 is 0 Å². The van der Waals surface area contributed by atoms with E-state index in [1.54, 1.807) is 6.07 Å². The zero-order chi connectivity index (χ0) is 15.0. The zero-order valence-corrected chi connectivity index (χ0v) is 12.2. The number of benzene rings is 2. The number of imidazole rings is 1. The molecule has 0 aliphatic heterocycles. The van der Waals surface area contributed by atoms with E-state index in [4.69, 9.17) is 5.73 Å². The average Bonchev–Trinajstić information content (AvgIpc) is 2.80. The van der Waals surface area contributed by atoms with Gasteiger partial charge in [0, 0.05) is 23.9 Å². The minimum absolute atomic E-state index is 0.264. The normalized spacial score (nSPS) is 11.2. The summed E-state index contributed by atoms with van der Waals surface area (Å²) in [6.45, 7) is 4.99. The van der Waals surface area contributed by atoms with Gasteiger partial charge in [0.15, 0.2) is 0 Å². The van der Waals surface area contributed by atoms with Gasteiger partial charge in [-0.1, -0.05) is 13.0 Å². The molecular weight excluding hydrogens is 265 g/mol. The first-order valence-corrected chi connectivity index (χ1v) is 7.12. The fraction of sp³-hybridized carbons (Fsp3) is 0.235. The molecule has 1 aromatic heterocycles. The molecule has 0 aliphatic carbocycles. The van der Waals surface area contributed by atoms with Crippen molar-refractivity contribution in [3.05, 3.63) is 47.8 Å². The first kappa shape index (κ1) is 13.6. The maximum Gasteiger partial charge on any atom is 0.141 e. The monoisotopic (exact) mass is 283 g/mol. The molecule has 3 nitrogen and oxygen atoms in total. The van der Waals surface area contributed by atoms with Crippen molar-refractivity contribution in [2.45, 2.75) is 26.8 Å². The number of nitrogen functional groups attached to an aromatic ring is 1. The van der Waals surface area contributed by atoms with Crippen LogP contribution in [0.5, 0.6) is 0 Å². The van der Waals surface area contributed by atoms with E-state index in [2.05, 4.69) is 16.5 Å². The average molecular weight is 283 g/mol. The van der Waals surface area contributed by atoms with Gasteiger partial charge >= 0.3 is 0 Å².